The van der Waals surface area contributed by atoms with Crippen molar-refractivity contribution < 1.29 is 14.3 Å². The maximum Gasteiger partial charge on any atom is 0.429 e. The Balaban J connectivity index is 2.57. The van der Waals surface area contributed by atoms with Crippen LogP contribution < -0.4 is 0 Å². The number of rotatable bonds is 2. The highest BCUT2D eigenvalue weighted by Gasteiger charge is 2.37. The zero-order chi connectivity index (χ0) is 10.7. The van der Waals surface area contributed by atoms with E-state index < -0.39 is 11.3 Å². The Bertz CT molecular complexity index is 269. The van der Waals surface area contributed by atoms with Crippen molar-refractivity contribution in [1.82, 2.24) is 10.0 Å². The largest absolute Gasteiger partial charge is 0.444 e. The van der Waals surface area contributed by atoms with Gasteiger partial charge in [-0.15, -0.1) is 0 Å². The Hall–Kier alpha value is -1.17. The third-order valence-corrected chi connectivity index (χ3v) is 2.23. The Morgan fingerprint density at radius 2 is 2.50 bits per heavy atom. The zero-order valence-corrected chi connectivity index (χ0v) is 8.74. The van der Waals surface area contributed by atoms with Crippen LogP contribution in [0.1, 0.15) is 0 Å². The van der Waals surface area contributed by atoms with E-state index in [9.17, 15) is 9.59 Å². The van der Waals surface area contributed by atoms with Gasteiger partial charge in [-0.1, -0.05) is 12.7 Å². The number of hydrogen-bond acceptors (Lipinski definition) is 4. The van der Waals surface area contributed by atoms with Crippen LogP contribution in [-0.2, 0) is 9.53 Å². The number of carbonyl (C=O) groups is 2. The molecule has 78 valence electrons. The zero-order valence-electron chi connectivity index (χ0n) is 7.84. The monoisotopic (exact) mass is 216 g/mol. The molecule has 0 radical (unpaired) electrons. The summed E-state index contributed by atoms with van der Waals surface area (Å²) in [5, 5.41) is 1.96. The molecular formula is C8H12N2O3S. The first-order valence-corrected chi connectivity index (χ1v) is 4.60. The van der Waals surface area contributed by atoms with Gasteiger partial charge in [-0.25, -0.2) is 9.80 Å². The van der Waals surface area contributed by atoms with Crippen molar-refractivity contribution in [2.75, 3.05) is 20.2 Å². The van der Waals surface area contributed by atoms with Gasteiger partial charge in [0.1, 0.15) is 11.9 Å². The SMILES string of the molecule is C=CCOC(=O)N1CC(S)C(=O)N1C. The topological polar surface area (TPSA) is 49.9 Å². The maximum atomic E-state index is 11.3. The van der Waals surface area contributed by atoms with Crippen molar-refractivity contribution in [2.24, 2.45) is 0 Å². The molecule has 0 aromatic rings. The van der Waals surface area contributed by atoms with Crippen LogP contribution in [0.5, 0.6) is 0 Å². The third kappa shape index (κ3) is 2.01. The Labute approximate surface area is 87.7 Å². The highest BCUT2D eigenvalue weighted by molar-refractivity contribution is 7.81. The summed E-state index contributed by atoms with van der Waals surface area (Å²) in [7, 11) is 1.51. The van der Waals surface area contributed by atoms with Crippen LogP contribution in [0.4, 0.5) is 4.79 Å². The molecule has 2 amide bonds. The molecule has 1 aliphatic rings. The summed E-state index contributed by atoms with van der Waals surface area (Å²) in [6.07, 6.45) is 0.908. The molecule has 0 aromatic heterocycles. The fraction of sp³-hybridized carbons (Fsp3) is 0.500. The van der Waals surface area contributed by atoms with Crippen molar-refractivity contribution in [3.63, 3.8) is 0 Å². The predicted octanol–water partition coefficient (Wildman–Crippen LogP) is 0.296. The first kappa shape index (κ1) is 10.9. The summed E-state index contributed by atoms with van der Waals surface area (Å²) < 4.78 is 4.78. The molecule has 6 heteroatoms. The van der Waals surface area contributed by atoms with Crippen LogP contribution >= 0.6 is 12.6 Å². The third-order valence-electron chi connectivity index (χ3n) is 1.85. The van der Waals surface area contributed by atoms with Crippen LogP contribution in [0.15, 0.2) is 12.7 Å². The number of amides is 2. The lowest BCUT2D eigenvalue weighted by Crippen LogP contribution is -2.40. The van der Waals surface area contributed by atoms with Gasteiger partial charge in [0.05, 0.1) is 6.54 Å². The molecule has 0 aromatic carbocycles. The molecule has 1 rings (SSSR count). The number of ether oxygens (including phenoxy) is 1. The Morgan fingerprint density at radius 3 is 2.93 bits per heavy atom. The quantitative estimate of drug-likeness (QED) is 0.533. The first-order valence-electron chi connectivity index (χ1n) is 4.08. The lowest BCUT2D eigenvalue weighted by Gasteiger charge is -2.22. The summed E-state index contributed by atoms with van der Waals surface area (Å²) in [5.74, 6) is -0.205. The molecule has 0 N–H and O–H groups in total. The van der Waals surface area contributed by atoms with E-state index >= 15 is 0 Å². The van der Waals surface area contributed by atoms with Crippen molar-refractivity contribution in [3.05, 3.63) is 12.7 Å². The molecule has 5 nitrogen and oxygen atoms in total. The molecular weight excluding hydrogens is 204 g/mol. The van der Waals surface area contributed by atoms with Crippen LogP contribution in [0.2, 0.25) is 0 Å². The van der Waals surface area contributed by atoms with Gasteiger partial charge in [-0.3, -0.25) is 9.80 Å². The molecule has 1 atom stereocenters. The summed E-state index contributed by atoms with van der Waals surface area (Å²) in [6.45, 7) is 3.79. The van der Waals surface area contributed by atoms with Crippen molar-refractivity contribution in [2.45, 2.75) is 5.25 Å². The molecule has 14 heavy (non-hydrogen) atoms. The van der Waals surface area contributed by atoms with E-state index in [-0.39, 0.29) is 19.1 Å². The van der Waals surface area contributed by atoms with Gasteiger partial charge in [0.2, 0.25) is 0 Å². The highest BCUT2D eigenvalue weighted by atomic mass is 32.1. The molecule has 1 fully saturated rings. The van der Waals surface area contributed by atoms with E-state index in [4.69, 9.17) is 4.74 Å². The number of nitrogens with zero attached hydrogens (tertiary/aromatic N) is 2. The molecule has 1 heterocycles. The second kappa shape index (κ2) is 4.36. The summed E-state index contributed by atoms with van der Waals surface area (Å²) >= 11 is 4.03. The molecule has 0 spiro atoms. The minimum Gasteiger partial charge on any atom is -0.444 e. The lowest BCUT2D eigenvalue weighted by atomic mass is 10.4. The van der Waals surface area contributed by atoms with Gasteiger partial charge < -0.3 is 4.74 Å². The highest BCUT2D eigenvalue weighted by Crippen LogP contribution is 2.15. The molecule has 1 aliphatic heterocycles. The van der Waals surface area contributed by atoms with Gasteiger partial charge in [0, 0.05) is 7.05 Å². The van der Waals surface area contributed by atoms with E-state index in [0.717, 1.165) is 0 Å². The number of hydrogen-bond donors (Lipinski definition) is 1. The smallest absolute Gasteiger partial charge is 0.429 e. The van der Waals surface area contributed by atoms with Gasteiger partial charge in [-0.2, -0.15) is 12.6 Å². The predicted molar refractivity (Wildman–Crippen MR) is 53.8 cm³/mol. The van der Waals surface area contributed by atoms with Crippen LogP contribution in [0.3, 0.4) is 0 Å². The molecule has 1 unspecified atom stereocenters. The number of carbonyl (C=O) groups excluding carboxylic acids is 2. The van der Waals surface area contributed by atoms with Crippen molar-refractivity contribution in [3.8, 4) is 0 Å². The van der Waals surface area contributed by atoms with E-state index in [1.807, 2.05) is 0 Å². The van der Waals surface area contributed by atoms with Crippen LogP contribution in [0.25, 0.3) is 0 Å². The van der Waals surface area contributed by atoms with Gasteiger partial charge in [-0.05, 0) is 0 Å². The van der Waals surface area contributed by atoms with E-state index in [1.54, 1.807) is 0 Å². The summed E-state index contributed by atoms with van der Waals surface area (Å²) in [5.41, 5.74) is 0. The fourth-order valence-corrected chi connectivity index (χ4v) is 1.42. The average molecular weight is 216 g/mol. The minimum absolute atomic E-state index is 0.134. The first-order chi connectivity index (χ1) is 6.57. The molecule has 1 saturated heterocycles. The standard InChI is InChI=1S/C8H12N2O3S/c1-3-4-13-8(12)10-5-6(14)7(11)9(10)2/h3,6,14H,1,4-5H2,2H3. The van der Waals surface area contributed by atoms with Gasteiger partial charge in [0.15, 0.2) is 0 Å². The van der Waals surface area contributed by atoms with Gasteiger partial charge >= 0.3 is 6.09 Å². The molecule has 0 saturated carbocycles. The van der Waals surface area contributed by atoms with E-state index in [2.05, 4.69) is 19.2 Å². The Morgan fingerprint density at radius 1 is 1.86 bits per heavy atom. The second-order valence-corrected chi connectivity index (χ2v) is 3.45. The van der Waals surface area contributed by atoms with Crippen molar-refractivity contribution in [1.29, 1.82) is 0 Å². The number of hydrazine groups is 1. The van der Waals surface area contributed by atoms with Gasteiger partial charge in [0.25, 0.3) is 5.91 Å². The maximum absolute atomic E-state index is 11.3. The molecule has 0 aliphatic carbocycles. The second-order valence-electron chi connectivity index (χ2n) is 2.83. The Kier molecular flexibility index (Phi) is 3.40. The fourth-order valence-electron chi connectivity index (χ4n) is 1.10. The average Bonchev–Trinajstić information content (AvgIpc) is 2.42. The van der Waals surface area contributed by atoms with E-state index in [0.29, 0.717) is 0 Å². The normalized spacial score (nSPS) is 21.3. The minimum atomic E-state index is -0.558. The van der Waals surface area contributed by atoms with E-state index in [1.165, 1.54) is 23.1 Å². The van der Waals surface area contributed by atoms with Crippen LogP contribution in [0, 0.1) is 0 Å². The summed E-state index contributed by atoms with van der Waals surface area (Å²) in [4.78, 5) is 22.6. The molecule has 0 bridgehead atoms. The lowest BCUT2D eigenvalue weighted by molar-refractivity contribution is -0.133. The van der Waals surface area contributed by atoms with Crippen molar-refractivity contribution >= 4 is 24.6 Å². The van der Waals surface area contributed by atoms with Crippen LogP contribution in [-0.4, -0.2) is 47.5 Å². The summed E-state index contributed by atoms with van der Waals surface area (Å²) in [6, 6.07) is 0. The number of thiol groups is 1.